The molecule has 0 aliphatic carbocycles. The zero-order valence-corrected chi connectivity index (χ0v) is 9.49. The summed E-state index contributed by atoms with van der Waals surface area (Å²) in [6.07, 6.45) is 1.90. The number of ether oxygens (including phenoxy) is 2. The van der Waals surface area contributed by atoms with Crippen LogP contribution in [0.5, 0.6) is 0 Å². The molecule has 1 rings (SSSR count). The molecule has 0 aromatic carbocycles. The highest BCUT2D eigenvalue weighted by atomic mass is 35.5. The SMILES string of the molecule is COC(=O)COC1(C)CCNCC1.Cl. The van der Waals surface area contributed by atoms with Crippen molar-refractivity contribution in [2.24, 2.45) is 0 Å². The summed E-state index contributed by atoms with van der Waals surface area (Å²) in [5, 5.41) is 3.25. The molecule has 1 N–H and O–H groups in total. The van der Waals surface area contributed by atoms with Crippen LogP contribution in [-0.4, -0.2) is 38.4 Å². The van der Waals surface area contributed by atoms with Gasteiger partial charge in [0.05, 0.1) is 12.7 Å². The first-order chi connectivity index (χ1) is 6.16. The van der Waals surface area contributed by atoms with Gasteiger partial charge in [-0.25, -0.2) is 4.79 Å². The van der Waals surface area contributed by atoms with Crippen LogP contribution in [0.1, 0.15) is 19.8 Å². The van der Waals surface area contributed by atoms with Crippen molar-refractivity contribution in [1.82, 2.24) is 5.32 Å². The fourth-order valence-electron chi connectivity index (χ4n) is 1.39. The molecule has 0 aromatic rings. The lowest BCUT2D eigenvalue weighted by Gasteiger charge is -2.33. The summed E-state index contributed by atoms with van der Waals surface area (Å²) in [4.78, 5) is 10.8. The van der Waals surface area contributed by atoms with Crippen molar-refractivity contribution in [2.45, 2.75) is 25.4 Å². The molecule has 0 aromatic heterocycles. The third-order valence-electron chi connectivity index (χ3n) is 2.43. The summed E-state index contributed by atoms with van der Waals surface area (Å²) in [6, 6.07) is 0. The van der Waals surface area contributed by atoms with E-state index in [9.17, 15) is 4.79 Å². The molecule has 0 radical (unpaired) electrons. The first kappa shape index (κ1) is 13.7. The molecule has 0 bridgehead atoms. The molecule has 0 amide bonds. The quantitative estimate of drug-likeness (QED) is 0.717. The smallest absolute Gasteiger partial charge is 0.331 e. The molecular formula is C9H18ClNO3. The summed E-state index contributed by atoms with van der Waals surface area (Å²) in [7, 11) is 1.37. The summed E-state index contributed by atoms with van der Waals surface area (Å²) in [5.41, 5.74) is -0.153. The molecule has 0 spiro atoms. The van der Waals surface area contributed by atoms with Crippen molar-refractivity contribution in [2.75, 3.05) is 26.8 Å². The van der Waals surface area contributed by atoms with Gasteiger partial charge in [-0.05, 0) is 32.9 Å². The lowest BCUT2D eigenvalue weighted by molar-refractivity contribution is -0.154. The van der Waals surface area contributed by atoms with Crippen molar-refractivity contribution in [3.8, 4) is 0 Å². The predicted molar refractivity (Wildman–Crippen MR) is 55.7 cm³/mol. The molecule has 1 heterocycles. The van der Waals surface area contributed by atoms with E-state index in [1.807, 2.05) is 6.92 Å². The number of piperidine rings is 1. The van der Waals surface area contributed by atoms with E-state index in [0.29, 0.717) is 0 Å². The Bertz CT molecular complexity index is 181. The van der Waals surface area contributed by atoms with E-state index in [2.05, 4.69) is 10.1 Å². The van der Waals surface area contributed by atoms with Crippen LogP contribution in [0.4, 0.5) is 0 Å². The Morgan fingerprint density at radius 2 is 2.00 bits per heavy atom. The fourth-order valence-corrected chi connectivity index (χ4v) is 1.39. The summed E-state index contributed by atoms with van der Waals surface area (Å²) < 4.78 is 10.0. The summed E-state index contributed by atoms with van der Waals surface area (Å²) >= 11 is 0. The van der Waals surface area contributed by atoms with Gasteiger partial charge in [0.15, 0.2) is 0 Å². The fraction of sp³-hybridized carbons (Fsp3) is 0.889. The second-order valence-corrected chi connectivity index (χ2v) is 3.56. The molecular weight excluding hydrogens is 206 g/mol. The van der Waals surface area contributed by atoms with Crippen LogP contribution >= 0.6 is 12.4 Å². The van der Waals surface area contributed by atoms with Crippen LogP contribution < -0.4 is 5.32 Å². The number of methoxy groups -OCH3 is 1. The van der Waals surface area contributed by atoms with E-state index in [-0.39, 0.29) is 30.6 Å². The van der Waals surface area contributed by atoms with Gasteiger partial charge in [0.2, 0.25) is 0 Å². The Kier molecular flexibility index (Phi) is 6.08. The lowest BCUT2D eigenvalue weighted by Crippen LogP contribution is -2.42. The Morgan fingerprint density at radius 1 is 1.43 bits per heavy atom. The minimum Gasteiger partial charge on any atom is -0.467 e. The number of carbonyl (C=O) groups excluding carboxylic acids is 1. The summed E-state index contributed by atoms with van der Waals surface area (Å²) in [5.74, 6) is -0.306. The minimum absolute atomic E-state index is 0. The van der Waals surface area contributed by atoms with Gasteiger partial charge in [-0.3, -0.25) is 0 Å². The number of nitrogens with one attached hydrogen (secondary N) is 1. The monoisotopic (exact) mass is 223 g/mol. The van der Waals surface area contributed by atoms with Crippen molar-refractivity contribution >= 4 is 18.4 Å². The second-order valence-electron chi connectivity index (χ2n) is 3.56. The molecule has 1 saturated heterocycles. The molecule has 4 nitrogen and oxygen atoms in total. The number of hydrogen-bond acceptors (Lipinski definition) is 4. The van der Waals surface area contributed by atoms with Crippen molar-refractivity contribution < 1.29 is 14.3 Å². The highest BCUT2D eigenvalue weighted by Gasteiger charge is 2.28. The Hall–Kier alpha value is -0.320. The molecule has 1 aliphatic rings. The standard InChI is InChI=1S/C9H17NO3.ClH/c1-9(3-5-10-6-4-9)13-7-8(11)12-2;/h10H,3-7H2,1-2H3;1H. The van der Waals surface area contributed by atoms with Gasteiger partial charge >= 0.3 is 5.97 Å². The lowest BCUT2D eigenvalue weighted by atomic mass is 9.95. The highest BCUT2D eigenvalue weighted by Crippen LogP contribution is 2.21. The average molecular weight is 224 g/mol. The molecule has 84 valence electrons. The largest absolute Gasteiger partial charge is 0.467 e. The van der Waals surface area contributed by atoms with Crippen LogP contribution in [0.3, 0.4) is 0 Å². The van der Waals surface area contributed by atoms with Crippen LogP contribution in [0.2, 0.25) is 0 Å². The van der Waals surface area contributed by atoms with Crippen LogP contribution in [0, 0.1) is 0 Å². The van der Waals surface area contributed by atoms with Gasteiger partial charge in [0.25, 0.3) is 0 Å². The van der Waals surface area contributed by atoms with Gasteiger partial charge in [-0.2, -0.15) is 0 Å². The Morgan fingerprint density at radius 3 is 2.50 bits per heavy atom. The number of esters is 1. The zero-order valence-electron chi connectivity index (χ0n) is 8.67. The van der Waals surface area contributed by atoms with Gasteiger partial charge in [0, 0.05) is 0 Å². The third kappa shape index (κ3) is 4.26. The van der Waals surface area contributed by atoms with Gasteiger partial charge in [0.1, 0.15) is 6.61 Å². The topological polar surface area (TPSA) is 47.6 Å². The number of rotatable bonds is 3. The average Bonchev–Trinajstić information content (AvgIpc) is 2.15. The maximum absolute atomic E-state index is 10.8. The van der Waals surface area contributed by atoms with Crippen LogP contribution in [-0.2, 0) is 14.3 Å². The second kappa shape index (κ2) is 6.22. The van der Waals surface area contributed by atoms with E-state index < -0.39 is 0 Å². The summed E-state index contributed by atoms with van der Waals surface area (Å²) in [6.45, 7) is 4.01. The zero-order chi connectivity index (χ0) is 9.73. The molecule has 14 heavy (non-hydrogen) atoms. The van der Waals surface area contributed by atoms with E-state index in [1.165, 1.54) is 7.11 Å². The van der Waals surface area contributed by atoms with E-state index in [4.69, 9.17) is 4.74 Å². The first-order valence-corrected chi connectivity index (χ1v) is 4.58. The molecule has 1 fully saturated rings. The van der Waals surface area contributed by atoms with E-state index in [0.717, 1.165) is 25.9 Å². The molecule has 1 aliphatic heterocycles. The maximum atomic E-state index is 10.8. The molecule has 0 atom stereocenters. The molecule has 5 heteroatoms. The normalized spacial score (nSPS) is 19.6. The van der Waals surface area contributed by atoms with Crippen molar-refractivity contribution in [3.63, 3.8) is 0 Å². The van der Waals surface area contributed by atoms with Gasteiger partial charge in [-0.15, -0.1) is 12.4 Å². The van der Waals surface area contributed by atoms with Gasteiger partial charge in [-0.1, -0.05) is 0 Å². The Labute approximate surface area is 90.7 Å². The van der Waals surface area contributed by atoms with Crippen molar-refractivity contribution in [3.05, 3.63) is 0 Å². The highest BCUT2D eigenvalue weighted by molar-refractivity contribution is 5.85. The van der Waals surface area contributed by atoms with Crippen LogP contribution in [0.15, 0.2) is 0 Å². The van der Waals surface area contributed by atoms with Crippen molar-refractivity contribution in [1.29, 1.82) is 0 Å². The number of carbonyl (C=O) groups is 1. The van der Waals surface area contributed by atoms with Gasteiger partial charge < -0.3 is 14.8 Å². The molecule has 0 saturated carbocycles. The van der Waals surface area contributed by atoms with E-state index >= 15 is 0 Å². The number of halogens is 1. The Balaban J connectivity index is 0.00000169. The molecule has 0 unspecified atom stereocenters. The third-order valence-corrected chi connectivity index (χ3v) is 2.43. The first-order valence-electron chi connectivity index (χ1n) is 4.58. The minimum atomic E-state index is -0.306. The van der Waals surface area contributed by atoms with E-state index in [1.54, 1.807) is 0 Å². The van der Waals surface area contributed by atoms with Crippen LogP contribution in [0.25, 0.3) is 0 Å². The number of hydrogen-bond donors (Lipinski definition) is 1. The predicted octanol–water partition coefficient (Wildman–Crippen LogP) is 0.740. The maximum Gasteiger partial charge on any atom is 0.331 e.